The smallest absolute Gasteiger partial charge is 0.356 e. The zero-order valence-electron chi connectivity index (χ0n) is 9.24. The summed E-state index contributed by atoms with van der Waals surface area (Å²) >= 11 is 5.70. The van der Waals surface area contributed by atoms with E-state index in [9.17, 15) is 4.79 Å². The number of terminal acetylenes is 1. The lowest BCUT2D eigenvalue weighted by atomic mass is 10.2. The van der Waals surface area contributed by atoms with Gasteiger partial charge in [-0.3, -0.25) is 0 Å². The summed E-state index contributed by atoms with van der Waals surface area (Å²) in [5, 5.41) is 12.0. The predicted molar refractivity (Wildman–Crippen MR) is 67.4 cm³/mol. The number of hydrogen-bond acceptors (Lipinski definition) is 3. The molecular weight excluding hydrogens is 240 g/mol. The quantitative estimate of drug-likeness (QED) is 0.604. The molecule has 0 saturated heterocycles. The van der Waals surface area contributed by atoms with Crippen LogP contribution in [-0.2, 0) is 0 Å². The van der Waals surface area contributed by atoms with Gasteiger partial charge in [-0.15, -0.1) is 12.3 Å². The van der Waals surface area contributed by atoms with Crippen LogP contribution >= 0.6 is 11.6 Å². The van der Waals surface area contributed by atoms with E-state index in [-0.39, 0.29) is 10.7 Å². The number of carbonyl (C=O) groups is 1. The highest BCUT2D eigenvalue weighted by Gasteiger charge is 2.10. The maximum atomic E-state index is 10.8. The zero-order chi connectivity index (χ0) is 12.7. The van der Waals surface area contributed by atoms with Gasteiger partial charge in [0.2, 0.25) is 0 Å². The van der Waals surface area contributed by atoms with Gasteiger partial charge in [0.05, 0.1) is 5.02 Å². The van der Waals surface area contributed by atoms with Crippen LogP contribution in [0, 0.1) is 12.3 Å². The number of carboxylic acid groups (broad SMARTS) is 1. The average Bonchev–Trinajstić information content (AvgIpc) is 2.30. The van der Waals surface area contributed by atoms with Gasteiger partial charge < -0.3 is 10.4 Å². The van der Waals surface area contributed by atoms with E-state index in [2.05, 4.69) is 16.2 Å². The second-order valence-corrected chi connectivity index (χ2v) is 3.83. The molecule has 0 fully saturated rings. The van der Waals surface area contributed by atoms with Crippen molar-refractivity contribution in [2.45, 2.75) is 19.3 Å². The molecule has 0 bridgehead atoms. The van der Waals surface area contributed by atoms with Crippen LogP contribution in [0.25, 0.3) is 0 Å². The van der Waals surface area contributed by atoms with Crippen molar-refractivity contribution < 1.29 is 9.90 Å². The number of nitrogens with zero attached hydrogens (tertiary/aromatic N) is 1. The van der Waals surface area contributed by atoms with Crippen LogP contribution in [-0.4, -0.2) is 22.6 Å². The summed E-state index contributed by atoms with van der Waals surface area (Å²) in [5.74, 6) is 1.93. The van der Waals surface area contributed by atoms with Crippen molar-refractivity contribution in [3.63, 3.8) is 0 Å². The van der Waals surface area contributed by atoms with Gasteiger partial charge in [-0.1, -0.05) is 11.6 Å². The molecule has 0 unspecified atom stereocenters. The topological polar surface area (TPSA) is 62.2 Å². The summed E-state index contributed by atoms with van der Waals surface area (Å²) in [5.41, 5.74) is -0.139. The van der Waals surface area contributed by atoms with Crippen molar-refractivity contribution >= 4 is 23.4 Å². The molecule has 1 rings (SSSR count). The second-order valence-electron chi connectivity index (χ2n) is 3.42. The maximum Gasteiger partial charge on any atom is 0.356 e. The molecule has 5 heteroatoms. The molecule has 0 aliphatic heterocycles. The molecule has 0 aromatic carbocycles. The van der Waals surface area contributed by atoms with Gasteiger partial charge in [0.25, 0.3) is 0 Å². The van der Waals surface area contributed by atoms with E-state index in [1.165, 1.54) is 6.07 Å². The minimum atomic E-state index is -1.13. The van der Waals surface area contributed by atoms with E-state index in [1.807, 2.05) is 0 Å². The molecule has 90 valence electrons. The first-order chi connectivity index (χ1) is 8.15. The predicted octanol–water partition coefficient (Wildman–Crippen LogP) is 2.65. The highest BCUT2D eigenvalue weighted by atomic mass is 35.5. The van der Waals surface area contributed by atoms with Gasteiger partial charge in [-0.05, 0) is 25.0 Å². The molecule has 0 aliphatic carbocycles. The summed E-state index contributed by atoms with van der Waals surface area (Å²) < 4.78 is 0. The maximum absolute atomic E-state index is 10.8. The molecule has 1 aromatic heterocycles. The van der Waals surface area contributed by atoms with Crippen LogP contribution in [0.5, 0.6) is 0 Å². The first kappa shape index (κ1) is 13.3. The normalized spacial score (nSPS) is 9.65. The Hall–Kier alpha value is -1.73. The molecule has 4 nitrogen and oxygen atoms in total. The highest BCUT2D eigenvalue weighted by Crippen LogP contribution is 2.16. The fraction of sp³-hybridized carbons (Fsp3) is 0.333. The van der Waals surface area contributed by atoms with Crippen LogP contribution in [0.1, 0.15) is 29.8 Å². The average molecular weight is 253 g/mol. The van der Waals surface area contributed by atoms with E-state index in [4.69, 9.17) is 23.1 Å². The number of halogens is 1. The molecule has 0 atom stereocenters. The SMILES string of the molecule is C#CCCCCNc1ccc(Cl)c(C(=O)O)n1. The minimum Gasteiger partial charge on any atom is -0.476 e. The lowest BCUT2D eigenvalue weighted by Crippen LogP contribution is -2.07. The summed E-state index contributed by atoms with van der Waals surface area (Å²) in [4.78, 5) is 14.7. The van der Waals surface area contributed by atoms with Crippen molar-refractivity contribution in [3.05, 3.63) is 22.8 Å². The van der Waals surface area contributed by atoms with Crippen LogP contribution in [0.4, 0.5) is 5.82 Å². The summed E-state index contributed by atoms with van der Waals surface area (Å²) in [6, 6.07) is 3.16. The Morgan fingerprint density at radius 1 is 1.53 bits per heavy atom. The third kappa shape index (κ3) is 4.33. The van der Waals surface area contributed by atoms with Crippen LogP contribution < -0.4 is 5.32 Å². The monoisotopic (exact) mass is 252 g/mol. The van der Waals surface area contributed by atoms with Crippen molar-refractivity contribution in [1.29, 1.82) is 0 Å². The van der Waals surface area contributed by atoms with Gasteiger partial charge in [0, 0.05) is 13.0 Å². The fourth-order valence-electron chi connectivity index (χ4n) is 1.26. The summed E-state index contributed by atoms with van der Waals surface area (Å²) in [6.07, 6.45) is 7.72. The number of aromatic nitrogens is 1. The third-order valence-electron chi connectivity index (χ3n) is 2.10. The number of hydrogen-bond donors (Lipinski definition) is 2. The zero-order valence-corrected chi connectivity index (χ0v) is 10.00. The largest absolute Gasteiger partial charge is 0.476 e. The number of carboxylic acids is 1. The van der Waals surface area contributed by atoms with Crippen molar-refractivity contribution in [1.82, 2.24) is 4.98 Å². The summed E-state index contributed by atoms with van der Waals surface area (Å²) in [6.45, 7) is 0.704. The molecule has 1 heterocycles. The van der Waals surface area contributed by atoms with E-state index in [0.717, 1.165) is 19.3 Å². The van der Waals surface area contributed by atoms with E-state index in [1.54, 1.807) is 6.07 Å². The van der Waals surface area contributed by atoms with Crippen LogP contribution in [0.2, 0.25) is 5.02 Å². The number of rotatable bonds is 6. The Morgan fingerprint density at radius 2 is 2.29 bits per heavy atom. The molecule has 0 aliphatic rings. The Morgan fingerprint density at radius 3 is 2.94 bits per heavy atom. The Labute approximate surface area is 105 Å². The molecule has 17 heavy (non-hydrogen) atoms. The first-order valence-corrected chi connectivity index (χ1v) is 5.60. The van der Waals surface area contributed by atoms with E-state index >= 15 is 0 Å². The molecule has 0 spiro atoms. The number of aromatic carboxylic acids is 1. The number of nitrogens with one attached hydrogen (secondary N) is 1. The van der Waals surface area contributed by atoms with Crippen LogP contribution in [0.3, 0.4) is 0 Å². The molecule has 1 aromatic rings. The van der Waals surface area contributed by atoms with E-state index in [0.29, 0.717) is 12.4 Å². The Bertz CT molecular complexity index is 441. The standard InChI is InChI=1S/C12H13ClN2O2/c1-2-3-4-5-8-14-10-7-6-9(13)11(15-10)12(16)17/h1,6-7H,3-5,8H2,(H,14,15)(H,16,17). The van der Waals surface area contributed by atoms with Crippen LogP contribution in [0.15, 0.2) is 12.1 Å². The van der Waals surface area contributed by atoms with E-state index < -0.39 is 5.97 Å². The molecular formula is C12H13ClN2O2. The number of anilines is 1. The third-order valence-corrected chi connectivity index (χ3v) is 2.41. The van der Waals surface area contributed by atoms with Gasteiger partial charge in [-0.2, -0.15) is 0 Å². The van der Waals surface area contributed by atoms with Crippen molar-refractivity contribution in [2.75, 3.05) is 11.9 Å². The molecule has 0 radical (unpaired) electrons. The molecule has 0 saturated carbocycles. The van der Waals surface area contributed by atoms with Crippen molar-refractivity contribution in [3.8, 4) is 12.3 Å². The minimum absolute atomic E-state index is 0.135. The van der Waals surface area contributed by atoms with Gasteiger partial charge in [0.1, 0.15) is 5.82 Å². The summed E-state index contributed by atoms with van der Waals surface area (Å²) in [7, 11) is 0. The van der Waals surface area contributed by atoms with Gasteiger partial charge in [0.15, 0.2) is 5.69 Å². The van der Waals surface area contributed by atoms with Gasteiger partial charge in [-0.25, -0.2) is 9.78 Å². The fourth-order valence-corrected chi connectivity index (χ4v) is 1.45. The molecule has 0 amide bonds. The first-order valence-electron chi connectivity index (χ1n) is 5.22. The highest BCUT2D eigenvalue weighted by molar-refractivity contribution is 6.33. The van der Waals surface area contributed by atoms with Crippen molar-refractivity contribution in [2.24, 2.45) is 0 Å². The lowest BCUT2D eigenvalue weighted by molar-refractivity contribution is 0.0691. The number of unbranched alkanes of at least 4 members (excludes halogenated alkanes) is 2. The lowest BCUT2D eigenvalue weighted by Gasteiger charge is -2.06. The molecule has 2 N–H and O–H groups in total. The second kappa shape index (κ2) is 6.77. The Kier molecular flexibility index (Phi) is 5.31. The van der Waals surface area contributed by atoms with Gasteiger partial charge >= 0.3 is 5.97 Å². The number of pyridine rings is 1. The Balaban J connectivity index is 2.52.